The maximum Gasteiger partial charge on any atom is 0.243 e. The molecule has 0 saturated carbocycles. The molecule has 1 aliphatic heterocycles. The summed E-state index contributed by atoms with van der Waals surface area (Å²) in [6.07, 6.45) is 0.856. The van der Waals surface area contributed by atoms with E-state index in [1.807, 2.05) is 6.92 Å². The molecule has 0 unspecified atom stereocenters. The Hall–Kier alpha value is -1.22. The molecule has 0 radical (unpaired) electrons. The van der Waals surface area contributed by atoms with Gasteiger partial charge in [0, 0.05) is 31.6 Å². The summed E-state index contributed by atoms with van der Waals surface area (Å²) in [6, 6.07) is 3.22. The second-order valence-electron chi connectivity index (χ2n) is 5.90. The Bertz CT molecular complexity index is 706. The van der Waals surface area contributed by atoms with Crippen molar-refractivity contribution in [2.24, 2.45) is 11.7 Å². The molecule has 1 saturated heterocycles. The van der Waals surface area contributed by atoms with E-state index in [1.165, 1.54) is 10.4 Å². The second-order valence-corrected chi connectivity index (χ2v) is 8.24. The van der Waals surface area contributed by atoms with Gasteiger partial charge in [-0.2, -0.15) is 4.31 Å². The predicted molar refractivity (Wildman–Crippen MR) is 89.6 cm³/mol. The van der Waals surface area contributed by atoms with Crippen LogP contribution in [-0.2, 0) is 14.8 Å². The Morgan fingerprint density at radius 1 is 1.46 bits per heavy atom. The van der Waals surface area contributed by atoms with Gasteiger partial charge in [0.15, 0.2) is 0 Å². The molecular weight excluding hydrogens is 357 g/mol. The van der Waals surface area contributed by atoms with Gasteiger partial charge in [-0.15, -0.1) is 0 Å². The lowest BCUT2D eigenvalue weighted by Gasteiger charge is -2.31. The van der Waals surface area contributed by atoms with Crippen LogP contribution in [0.3, 0.4) is 0 Å². The summed E-state index contributed by atoms with van der Waals surface area (Å²) in [4.78, 5) is 12.0. The highest BCUT2D eigenvalue weighted by atomic mass is 35.5. The number of sulfonamides is 1. The van der Waals surface area contributed by atoms with Crippen LogP contribution in [0.15, 0.2) is 23.1 Å². The lowest BCUT2D eigenvalue weighted by atomic mass is 9.97. The number of nitrogens with one attached hydrogen (secondary N) is 1. The Balaban J connectivity index is 2.03. The summed E-state index contributed by atoms with van der Waals surface area (Å²) in [5.41, 5.74) is 5.48. The molecule has 0 aromatic heterocycles. The maximum absolute atomic E-state index is 13.2. The van der Waals surface area contributed by atoms with Crippen molar-refractivity contribution in [2.75, 3.05) is 19.6 Å². The van der Waals surface area contributed by atoms with Gasteiger partial charge in [0.25, 0.3) is 0 Å². The van der Waals surface area contributed by atoms with E-state index in [0.717, 1.165) is 12.1 Å². The first-order valence-electron chi connectivity index (χ1n) is 7.71. The van der Waals surface area contributed by atoms with Crippen LogP contribution < -0.4 is 11.1 Å². The number of amides is 1. The fourth-order valence-electron chi connectivity index (χ4n) is 2.56. The summed E-state index contributed by atoms with van der Waals surface area (Å²) < 4.78 is 39.7. The number of nitrogens with two attached hydrogens (primary N) is 1. The van der Waals surface area contributed by atoms with E-state index in [2.05, 4.69) is 5.32 Å². The van der Waals surface area contributed by atoms with Gasteiger partial charge >= 0.3 is 0 Å². The fraction of sp³-hybridized carbons (Fsp3) is 0.533. The van der Waals surface area contributed by atoms with Crippen LogP contribution in [0.1, 0.15) is 19.8 Å². The Morgan fingerprint density at radius 3 is 2.62 bits per heavy atom. The van der Waals surface area contributed by atoms with Gasteiger partial charge < -0.3 is 11.1 Å². The number of piperidine rings is 1. The van der Waals surface area contributed by atoms with Crippen molar-refractivity contribution in [1.29, 1.82) is 0 Å². The minimum absolute atomic E-state index is 0.0476. The monoisotopic (exact) mass is 377 g/mol. The largest absolute Gasteiger partial charge is 0.352 e. The molecule has 1 atom stereocenters. The van der Waals surface area contributed by atoms with E-state index < -0.39 is 15.8 Å². The van der Waals surface area contributed by atoms with E-state index in [4.69, 9.17) is 17.3 Å². The molecule has 1 aromatic rings. The number of rotatable bonds is 5. The Labute approximate surface area is 146 Å². The first-order chi connectivity index (χ1) is 11.3. The molecule has 9 heteroatoms. The van der Waals surface area contributed by atoms with Gasteiger partial charge in [-0.25, -0.2) is 12.8 Å². The van der Waals surface area contributed by atoms with Crippen LogP contribution in [-0.4, -0.2) is 44.3 Å². The molecule has 1 heterocycles. The number of carbonyl (C=O) groups excluding carboxylic acids is 1. The van der Waals surface area contributed by atoms with E-state index in [1.54, 1.807) is 0 Å². The van der Waals surface area contributed by atoms with Crippen LogP contribution in [0.4, 0.5) is 4.39 Å². The molecule has 134 valence electrons. The molecule has 3 N–H and O–H groups in total. The van der Waals surface area contributed by atoms with Gasteiger partial charge in [-0.1, -0.05) is 11.6 Å². The summed E-state index contributed by atoms with van der Waals surface area (Å²) in [5, 5.41) is 2.57. The molecule has 0 bridgehead atoms. The van der Waals surface area contributed by atoms with E-state index in [9.17, 15) is 17.6 Å². The number of carbonyl (C=O) groups is 1. The van der Waals surface area contributed by atoms with Crippen molar-refractivity contribution in [2.45, 2.75) is 30.7 Å². The average molecular weight is 378 g/mol. The predicted octanol–water partition coefficient (Wildman–Crippen LogP) is 1.34. The van der Waals surface area contributed by atoms with Gasteiger partial charge in [-0.3, -0.25) is 4.79 Å². The van der Waals surface area contributed by atoms with E-state index >= 15 is 0 Å². The molecule has 24 heavy (non-hydrogen) atoms. The molecular formula is C15H21ClFN3O3S. The molecule has 1 aromatic carbocycles. The molecule has 1 amide bonds. The highest BCUT2D eigenvalue weighted by Crippen LogP contribution is 2.26. The molecule has 1 fully saturated rings. The normalized spacial score (nSPS) is 18.3. The van der Waals surface area contributed by atoms with Crippen molar-refractivity contribution < 1.29 is 17.6 Å². The smallest absolute Gasteiger partial charge is 0.243 e. The maximum atomic E-state index is 13.2. The highest BCUT2D eigenvalue weighted by molar-refractivity contribution is 7.89. The summed E-state index contributed by atoms with van der Waals surface area (Å²) in [5.74, 6) is -1.00. The number of benzene rings is 1. The lowest BCUT2D eigenvalue weighted by molar-refractivity contribution is -0.126. The Morgan fingerprint density at radius 2 is 2.08 bits per heavy atom. The number of hydrogen-bond donors (Lipinski definition) is 2. The SMILES string of the molecule is C[C@@H](CN)NC(=O)C1CCN(S(=O)(=O)c2ccc(F)c(Cl)c2)CC1. The minimum atomic E-state index is -3.75. The van der Waals surface area contributed by atoms with Gasteiger partial charge in [0.2, 0.25) is 15.9 Å². The van der Waals surface area contributed by atoms with Crippen LogP contribution in [0.25, 0.3) is 0 Å². The minimum Gasteiger partial charge on any atom is -0.352 e. The summed E-state index contributed by atoms with van der Waals surface area (Å²) in [7, 11) is -3.75. The topological polar surface area (TPSA) is 92.5 Å². The third-order valence-corrected chi connectivity index (χ3v) is 6.28. The van der Waals surface area contributed by atoms with Gasteiger partial charge in [-0.05, 0) is 38.0 Å². The molecule has 2 rings (SSSR count). The van der Waals surface area contributed by atoms with E-state index in [-0.39, 0.29) is 40.9 Å². The lowest BCUT2D eigenvalue weighted by Crippen LogP contribution is -2.46. The van der Waals surface area contributed by atoms with Crippen molar-refractivity contribution in [3.05, 3.63) is 29.0 Å². The zero-order valence-corrected chi connectivity index (χ0v) is 14.9. The van der Waals surface area contributed by atoms with Crippen molar-refractivity contribution in [1.82, 2.24) is 9.62 Å². The van der Waals surface area contributed by atoms with E-state index in [0.29, 0.717) is 19.4 Å². The first-order valence-corrected chi connectivity index (χ1v) is 9.53. The molecule has 0 spiro atoms. The standard InChI is InChI=1S/C15H21ClFN3O3S/c1-10(9-18)19-15(21)11-4-6-20(7-5-11)24(22,23)12-2-3-14(17)13(16)8-12/h2-3,8,10-11H,4-7,9,18H2,1H3,(H,19,21)/t10-/m0/s1. The number of nitrogens with zero attached hydrogens (tertiary/aromatic N) is 1. The van der Waals surface area contributed by atoms with Crippen molar-refractivity contribution in [3.8, 4) is 0 Å². The summed E-state index contributed by atoms with van der Waals surface area (Å²) in [6.45, 7) is 2.62. The third kappa shape index (κ3) is 4.24. The number of halogens is 2. The zero-order chi connectivity index (χ0) is 17.9. The first kappa shape index (κ1) is 19.1. The quantitative estimate of drug-likeness (QED) is 0.810. The van der Waals surface area contributed by atoms with Gasteiger partial charge in [0.1, 0.15) is 5.82 Å². The Kier molecular flexibility index (Phi) is 6.19. The molecule has 1 aliphatic rings. The molecule has 0 aliphatic carbocycles. The highest BCUT2D eigenvalue weighted by Gasteiger charge is 2.32. The van der Waals surface area contributed by atoms with Crippen LogP contribution in [0.2, 0.25) is 5.02 Å². The fourth-order valence-corrected chi connectivity index (χ4v) is 4.31. The van der Waals surface area contributed by atoms with Crippen LogP contribution in [0, 0.1) is 11.7 Å². The van der Waals surface area contributed by atoms with Crippen LogP contribution in [0.5, 0.6) is 0 Å². The summed E-state index contributed by atoms with van der Waals surface area (Å²) >= 11 is 5.66. The second kappa shape index (κ2) is 7.77. The van der Waals surface area contributed by atoms with Crippen molar-refractivity contribution in [3.63, 3.8) is 0 Å². The zero-order valence-electron chi connectivity index (χ0n) is 13.3. The van der Waals surface area contributed by atoms with Gasteiger partial charge in [0.05, 0.1) is 9.92 Å². The number of hydrogen-bond acceptors (Lipinski definition) is 4. The molecule has 6 nitrogen and oxygen atoms in total. The van der Waals surface area contributed by atoms with Crippen LogP contribution >= 0.6 is 11.6 Å². The average Bonchev–Trinajstić information content (AvgIpc) is 2.57. The van der Waals surface area contributed by atoms with Crippen molar-refractivity contribution >= 4 is 27.5 Å². The third-order valence-electron chi connectivity index (χ3n) is 4.10.